The minimum absolute atomic E-state index is 0.657. The van der Waals surface area contributed by atoms with Crippen LogP contribution in [0.2, 0.25) is 0 Å². The molecule has 0 amide bonds. The number of hydrogen-bond donors (Lipinski definition) is 1. The van der Waals surface area contributed by atoms with E-state index in [1.165, 1.54) is 41.5 Å². The van der Waals surface area contributed by atoms with Gasteiger partial charge in [0.25, 0.3) is 0 Å². The maximum Gasteiger partial charge on any atom is 0.0766 e. The van der Waals surface area contributed by atoms with E-state index < -0.39 is 0 Å². The van der Waals surface area contributed by atoms with E-state index in [0.717, 1.165) is 31.2 Å². The fourth-order valence-electron chi connectivity index (χ4n) is 3.80. The Bertz CT molecular complexity index is 455. The van der Waals surface area contributed by atoms with Gasteiger partial charge in [-0.15, -0.1) is 0 Å². The van der Waals surface area contributed by atoms with Crippen molar-refractivity contribution in [3.63, 3.8) is 0 Å². The van der Waals surface area contributed by atoms with Crippen LogP contribution in [0, 0.1) is 11.8 Å². The predicted octanol–water partition coefficient (Wildman–Crippen LogP) is 4.18. The minimum atomic E-state index is 0.657. The first-order chi connectivity index (χ1) is 10.1. The largest absolute Gasteiger partial charge is 0.317 e. The average molecular weight is 356 g/mol. The quantitative estimate of drug-likeness (QED) is 0.829. The van der Waals surface area contributed by atoms with Crippen LogP contribution in [0.4, 0.5) is 0 Å². The van der Waals surface area contributed by atoms with E-state index in [-0.39, 0.29) is 0 Å². The zero-order chi connectivity index (χ0) is 15.4. The van der Waals surface area contributed by atoms with Gasteiger partial charge in [-0.3, -0.25) is 4.68 Å². The summed E-state index contributed by atoms with van der Waals surface area (Å²) < 4.78 is 3.45. The Kier molecular flexibility index (Phi) is 6.30. The van der Waals surface area contributed by atoms with Gasteiger partial charge in [0.15, 0.2) is 0 Å². The molecule has 0 radical (unpaired) electrons. The van der Waals surface area contributed by atoms with Crippen LogP contribution in [0.5, 0.6) is 0 Å². The van der Waals surface area contributed by atoms with Crippen molar-refractivity contribution < 1.29 is 0 Å². The van der Waals surface area contributed by atoms with Crippen molar-refractivity contribution in [3.8, 4) is 0 Å². The van der Waals surface area contributed by atoms with Gasteiger partial charge in [0.2, 0.25) is 0 Å². The summed E-state index contributed by atoms with van der Waals surface area (Å²) in [5.74, 6) is 1.64. The van der Waals surface area contributed by atoms with Gasteiger partial charge in [-0.05, 0) is 73.8 Å². The summed E-state index contributed by atoms with van der Waals surface area (Å²) in [7, 11) is 2.12. The van der Waals surface area contributed by atoms with Crippen LogP contribution in [0.25, 0.3) is 0 Å². The Hall–Kier alpha value is -0.350. The molecular formula is C17H30BrN3. The highest BCUT2D eigenvalue weighted by atomic mass is 79.9. The molecule has 1 aromatic rings. The zero-order valence-electron chi connectivity index (χ0n) is 14.0. The van der Waals surface area contributed by atoms with Crippen molar-refractivity contribution in [1.82, 2.24) is 15.1 Å². The van der Waals surface area contributed by atoms with Crippen molar-refractivity contribution in [3.05, 3.63) is 15.9 Å². The van der Waals surface area contributed by atoms with Crippen molar-refractivity contribution in [1.29, 1.82) is 0 Å². The number of nitrogens with zero attached hydrogens (tertiary/aromatic N) is 2. The molecule has 0 bridgehead atoms. The summed E-state index contributed by atoms with van der Waals surface area (Å²) in [5.41, 5.74) is 2.60. The first kappa shape index (κ1) is 17.0. The molecule has 0 aliphatic heterocycles. The van der Waals surface area contributed by atoms with E-state index in [0.29, 0.717) is 6.04 Å². The maximum atomic E-state index is 4.75. The van der Waals surface area contributed by atoms with Gasteiger partial charge in [0.1, 0.15) is 0 Å². The number of aromatic nitrogens is 2. The molecule has 1 aliphatic rings. The normalized spacial score (nSPS) is 26.2. The van der Waals surface area contributed by atoms with Crippen LogP contribution in [-0.2, 0) is 19.4 Å². The highest BCUT2D eigenvalue weighted by molar-refractivity contribution is 9.10. The first-order valence-corrected chi connectivity index (χ1v) is 9.35. The molecule has 1 N–H and O–H groups in total. The highest BCUT2D eigenvalue weighted by Gasteiger charge is 2.30. The third-order valence-electron chi connectivity index (χ3n) is 5.19. The van der Waals surface area contributed by atoms with Gasteiger partial charge >= 0.3 is 0 Å². The average Bonchev–Trinajstić information content (AvgIpc) is 2.83. The van der Waals surface area contributed by atoms with Crippen molar-refractivity contribution in [2.45, 2.75) is 71.9 Å². The van der Waals surface area contributed by atoms with Gasteiger partial charge in [0, 0.05) is 12.6 Å². The summed E-state index contributed by atoms with van der Waals surface area (Å²) in [6.07, 6.45) is 7.51. The fraction of sp³-hybridized carbons (Fsp3) is 0.824. The number of nitrogens with one attached hydrogen (secondary N) is 1. The molecule has 3 atom stereocenters. The lowest BCUT2D eigenvalue weighted by Crippen LogP contribution is -2.40. The summed E-state index contributed by atoms with van der Waals surface area (Å²) in [4.78, 5) is 0. The summed E-state index contributed by atoms with van der Waals surface area (Å²) >= 11 is 3.80. The van der Waals surface area contributed by atoms with Gasteiger partial charge in [-0.2, -0.15) is 5.10 Å². The molecule has 1 aliphatic carbocycles. The number of aryl methyl sites for hydroxylation is 2. The Morgan fingerprint density at radius 1 is 1.29 bits per heavy atom. The van der Waals surface area contributed by atoms with Gasteiger partial charge < -0.3 is 5.32 Å². The van der Waals surface area contributed by atoms with E-state index in [4.69, 9.17) is 5.10 Å². The van der Waals surface area contributed by atoms with Gasteiger partial charge in [0.05, 0.1) is 15.9 Å². The van der Waals surface area contributed by atoms with E-state index in [1.807, 2.05) is 0 Å². The van der Waals surface area contributed by atoms with Gasteiger partial charge in [-0.1, -0.05) is 20.3 Å². The number of rotatable bonds is 6. The molecule has 0 spiro atoms. The topological polar surface area (TPSA) is 29.9 Å². The van der Waals surface area contributed by atoms with Crippen molar-refractivity contribution >= 4 is 15.9 Å². The second-order valence-corrected chi connectivity index (χ2v) is 7.12. The molecule has 1 heterocycles. The molecule has 1 fully saturated rings. The van der Waals surface area contributed by atoms with E-state index in [1.54, 1.807) is 0 Å². The van der Waals surface area contributed by atoms with E-state index >= 15 is 0 Å². The summed E-state index contributed by atoms with van der Waals surface area (Å²) in [6, 6.07) is 0.657. The molecule has 1 saturated carbocycles. The summed E-state index contributed by atoms with van der Waals surface area (Å²) in [6.45, 7) is 7.67. The van der Waals surface area contributed by atoms with Crippen LogP contribution >= 0.6 is 15.9 Å². The Morgan fingerprint density at radius 3 is 2.62 bits per heavy atom. The van der Waals surface area contributed by atoms with Crippen molar-refractivity contribution in [2.24, 2.45) is 11.8 Å². The van der Waals surface area contributed by atoms with Crippen LogP contribution < -0.4 is 5.32 Å². The molecule has 3 unspecified atom stereocenters. The Labute approximate surface area is 138 Å². The Balaban J connectivity index is 2.20. The molecule has 21 heavy (non-hydrogen) atoms. The van der Waals surface area contributed by atoms with Crippen LogP contribution in [0.1, 0.15) is 57.8 Å². The number of hydrogen-bond acceptors (Lipinski definition) is 2. The molecule has 4 heteroatoms. The molecule has 0 saturated heterocycles. The lowest BCUT2D eigenvalue weighted by molar-refractivity contribution is 0.202. The van der Waals surface area contributed by atoms with Crippen LogP contribution in [-0.4, -0.2) is 22.9 Å². The lowest BCUT2D eigenvalue weighted by Gasteiger charge is -2.36. The van der Waals surface area contributed by atoms with E-state index in [2.05, 4.69) is 53.7 Å². The fourth-order valence-corrected chi connectivity index (χ4v) is 4.52. The third-order valence-corrected chi connectivity index (χ3v) is 6.10. The lowest BCUT2D eigenvalue weighted by atomic mass is 9.75. The zero-order valence-corrected chi connectivity index (χ0v) is 15.5. The molecule has 1 aromatic heterocycles. The number of halogens is 1. The van der Waals surface area contributed by atoms with Gasteiger partial charge in [-0.25, -0.2) is 0 Å². The summed E-state index contributed by atoms with van der Waals surface area (Å²) in [5, 5.41) is 8.30. The first-order valence-electron chi connectivity index (χ1n) is 8.55. The smallest absolute Gasteiger partial charge is 0.0766 e. The molecule has 120 valence electrons. The monoisotopic (exact) mass is 355 g/mol. The predicted molar refractivity (Wildman–Crippen MR) is 92.7 cm³/mol. The standard InChI is InChI=1S/C17H30BrN3/c1-5-12-8-9-15(19-4)13(10-12)11-16-17(18)14(6-2)20-21(16)7-3/h12-13,15,19H,5-11H2,1-4H3. The minimum Gasteiger partial charge on any atom is -0.317 e. The Morgan fingerprint density at radius 2 is 2.05 bits per heavy atom. The third kappa shape index (κ3) is 3.70. The second-order valence-electron chi connectivity index (χ2n) is 6.32. The van der Waals surface area contributed by atoms with Crippen LogP contribution in [0.3, 0.4) is 0 Å². The molecule has 3 nitrogen and oxygen atoms in total. The second kappa shape index (κ2) is 7.77. The molecule has 2 rings (SSSR count). The SMILES string of the molecule is CCc1nn(CC)c(CC2CC(CC)CCC2NC)c1Br. The van der Waals surface area contributed by atoms with E-state index in [9.17, 15) is 0 Å². The maximum absolute atomic E-state index is 4.75. The van der Waals surface area contributed by atoms with Crippen molar-refractivity contribution in [2.75, 3.05) is 7.05 Å². The molecular weight excluding hydrogens is 326 g/mol. The van der Waals surface area contributed by atoms with Crippen LogP contribution in [0.15, 0.2) is 4.47 Å². The molecule has 0 aromatic carbocycles. The highest BCUT2D eigenvalue weighted by Crippen LogP contribution is 2.35.